The Kier molecular flexibility index (Phi) is 5.41. The molecule has 1 saturated heterocycles. The molecule has 0 aromatic heterocycles. The minimum absolute atomic E-state index is 0.0307. The molecule has 5 heteroatoms. The van der Waals surface area contributed by atoms with Gasteiger partial charge in [-0.25, -0.2) is 0 Å². The second kappa shape index (κ2) is 6.59. The van der Waals surface area contributed by atoms with Gasteiger partial charge in [-0.15, -0.1) is 0 Å². The van der Waals surface area contributed by atoms with E-state index in [9.17, 15) is 14.7 Å². The van der Waals surface area contributed by atoms with Gasteiger partial charge in [0.25, 0.3) is 0 Å². The Balaban J connectivity index is 2.31. The third-order valence-electron chi connectivity index (χ3n) is 3.06. The summed E-state index contributed by atoms with van der Waals surface area (Å²) in [4.78, 5) is 24.6. The van der Waals surface area contributed by atoms with E-state index in [-0.39, 0.29) is 36.7 Å². The number of carbonyl (C=O) groups excluding carboxylic acids is 2. The normalized spacial score (nSPS) is 24.5. The van der Waals surface area contributed by atoms with Gasteiger partial charge in [0.15, 0.2) is 0 Å². The van der Waals surface area contributed by atoms with Crippen molar-refractivity contribution in [1.29, 1.82) is 0 Å². The summed E-state index contributed by atoms with van der Waals surface area (Å²) in [5.74, 6) is -0.252. The van der Waals surface area contributed by atoms with Crippen molar-refractivity contribution in [2.24, 2.45) is 5.92 Å². The molecule has 0 radical (unpaired) electrons. The Bertz CT molecular complexity index is 280. The second-order valence-electron chi connectivity index (χ2n) is 4.48. The topological polar surface area (TPSA) is 66.8 Å². The molecule has 0 bridgehead atoms. The summed E-state index contributed by atoms with van der Waals surface area (Å²) in [6.07, 6.45) is 0.637. The first-order chi connectivity index (χ1) is 8.04. The highest BCUT2D eigenvalue weighted by molar-refractivity contribution is 5.81. The number of likely N-dealkylation sites (tertiary alicyclic amines) is 1. The van der Waals surface area contributed by atoms with Crippen molar-refractivity contribution < 1.29 is 19.4 Å². The summed E-state index contributed by atoms with van der Waals surface area (Å²) in [7, 11) is 0. The number of carbonyl (C=O) groups is 2. The molecule has 98 valence electrons. The highest BCUT2D eigenvalue weighted by atomic mass is 16.5. The number of amides is 1. The monoisotopic (exact) mass is 243 g/mol. The van der Waals surface area contributed by atoms with Crippen LogP contribution in [0.15, 0.2) is 0 Å². The molecule has 0 aromatic rings. The van der Waals surface area contributed by atoms with Crippen LogP contribution in [0.4, 0.5) is 0 Å². The fraction of sp³-hybridized carbons (Fsp3) is 0.833. The van der Waals surface area contributed by atoms with E-state index in [1.807, 2.05) is 6.92 Å². The van der Waals surface area contributed by atoms with E-state index in [4.69, 9.17) is 4.74 Å². The number of aliphatic hydroxyl groups excluding tert-OH is 1. The number of hydrogen-bond donors (Lipinski definition) is 1. The maximum Gasteiger partial charge on any atom is 0.306 e. The average Bonchev–Trinajstić information content (AvgIpc) is 2.30. The van der Waals surface area contributed by atoms with Crippen LogP contribution in [0.25, 0.3) is 0 Å². The Morgan fingerprint density at radius 3 is 2.71 bits per heavy atom. The zero-order valence-electron chi connectivity index (χ0n) is 10.5. The van der Waals surface area contributed by atoms with Crippen LogP contribution in [0.2, 0.25) is 0 Å². The van der Waals surface area contributed by atoms with Crippen molar-refractivity contribution in [2.75, 3.05) is 19.7 Å². The molecule has 17 heavy (non-hydrogen) atoms. The molecule has 1 heterocycles. The molecular formula is C12H21NO4. The minimum Gasteiger partial charge on any atom is -0.466 e. The molecule has 2 unspecified atom stereocenters. The first-order valence-corrected chi connectivity index (χ1v) is 6.16. The van der Waals surface area contributed by atoms with E-state index in [0.717, 1.165) is 0 Å². The van der Waals surface area contributed by atoms with Crippen LogP contribution in [0.5, 0.6) is 0 Å². The van der Waals surface area contributed by atoms with E-state index in [1.54, 1.807) is 11.8 Å². The molecular weight excluding hydrogens is 222 g/mol. The van der Waals surface area contributed by atoms with E-state index < -0.39 is 0 Å². The largest absolute Gasteiger partial charge is 0.466 e. The van der Waals surface area contributed by atoms with Gasteiger partial charge in [0.05, 0.1) is 19.1 Å². The standard InChI is InChI=1S/C12H21NO4/c1-3-17-12(16)5-4-11(15)13-7-6-10(14)9(2)8-13/h9-10,14H,3-8H2,1-2H3. The highest BCUT2D eigenvalue weighted by Gasteiger charge is 2.27. The highest BCUT2D eigenvalue weighted by Crippen LogP contribution is 2.17. The Morgan fingerprint density at radius 2 is 2.12 bits per heavy atom. The van der Waals surface area contributed by atoms with E-state index in [1.165, 1.54) is 0 Å². The number of rotatable bonds is 4. The average molecular weight is 243 g/mol. The summed E-state index contributed by atoms with van der Waals surface area (Å²) in [5.41, 5.74) is 0. The molecule has 0 aliphatic carbocycles. The lowest BCUT2D eigenvalue weighted by Crippen LogP contribution is -2.45. The van der Waals surface area contributed by atoms with E-state index in [0.29, 0.717) is 26.1 Å². The maximum atomic E-state index is 11.8. The predicted molar refractivity (Wildman–Crippen MR) is 62.2 cm³/mol. The zero-order chi connectivity index (χ0) is 12.8. The molecule has 1 rings (SSSR count). The van der Waals surface area contributed by atoms with Crippen LogP contribution < -0.4 is 0 Å². The molecule has 0 saturated carbocycles. The predicted octanol–water partition coefficient (Wildman–Crippen LogP) is 0.559. The fourth-order valence-electron chi connectivity index (χ4n) is 1.96. The summed E-state index contributed by atoms with van der Waals surface area (Å²) < 4.78 is 4.77. The van der Waals surface area contributed by atoms with Crippen molar-refractivity contribution in [2.45, 2.75) is 39.2 Å². The third-order valence-corrected chi connectivity index (χ3v) is 3.06. The van der Waals surface area contributed by atoms with Crippen LogP contribution in [0.3, 0.4) is 0 Å². The molecule has 0 aromatic carbocycles. The molecule has 1 aliphatic heterocycles. The van der Waals surface area contributed by atoms with E-state index >= 15 is 0 Å². The molecule has 1 aliphatic rings. The molecule has 0 spiro atoms. The Morgan fingerprint density at radius 1 is 1.41 bits per heavy atom. The van der Waals surface area contributed by atoms with Crippen molar-refractivity contribution in [3.05, 3.63) is 0 Å². The van der Waals surface area contributed by atoms with Crippen molar-refractivity contribution in [3.8, 4) is 0 Å². The lowest BCUT2D eigenvalue weighted by atomic mass is 9.96. The summed E-state index contributed by atoms with van der Waals surface area (Å²) in [6.45, 7) is 5.17. The minimum atomic E-state index is -0.328. The van der Waals surface area contributed by atoms with Gasteiger partial charge < -0.3 is 14.7 Å². The first-order valence-electron chi connectivity index (χ1n) is 6.16. The smallest absolute Gasteiger partial charge is 0.306 e. The Labute approximate surface area is 102 Å². The third kappa shape index (κ3) is 4.34. The molecule has 2 atom stereocenters. The SMILES string of the molecule is CCOC(=O)CCC(=O)N1CCC(O)C(C)C1. The van der Waals surface area contributed by atoms with Gasteiger partial charge in [-0.1, -0.05) is 6.92 Å². The number of hydrogen-bond acceptors (Lipinski definition) is 4. The van der Waals surface area contributed by atoms with Crippen molar-refractivity contribution in [1.82, 2.24) is 4.90 Å². The van der Waals surface area contributed by atoms with Crippen molar-refractivity contribution >= 4 is 11.9 Å². The molecule has 5 nitrogen and oxygen atoms in total. The van der Waals surface area contributed by atoms with Crippen LogP contribution in [-0.4, -0.2) is 47.7 Å². The van der Waals surface area contributed by atoms with Crippen molar-refractivity contribution in [3.63, 3.8) is 0 Å². The van der Waals surface area contributed by atoms with Gasteiger partial charge in [-0.05, 0) is 19.3 Å². The summed E-state index contributed by atoms with van der Waals surface area (Å²) in [5, 5.41) is 9.55. The number of nitrogens with zero attached hydrogens (tertiary/aromatic N) is 1. The van der Waals surface area contributed by atoms with Gasteiger partial charge in [0.2, 0.25) is 5.91 Å². The summed E-state index contributed by atoms with van der Waals surface area (Å²) >= 11 is 0. The lowest BCUT2D eigenvalue weighted by molar-refractivity contribution is -0.146. The first kappa shape index (κ1) is 14.0. The second-order valence-corrected chi connectivity index (χ2v) is 4.48. The number of piperidine rings is 1. The fourth-order valence-corrected chi connectivity index (χ4v) is 1.96. The summed E-state index contributed by atoms with van der Waals surface area (Å²) in [6, 6.07) is 0. The molecule has 1 N–H and O–H groups in total. The quantitative estimate of drug-likeness (QED) is 0.733. The van der Waals surface area contributed by atoms with Crippen LogP contribution >= 0.6 is 0 Å². The number of ether oxygens (including phenoxy) is 1. The van der Waals surface area contributed by atoms with Crippen LogP contribution in [0, 0.1) is 5.92 Å². The number of aliphatic hydroxyl groups is 1. The molecule has 1 amide bonds. The van der Waals surface area contributed by atoms with Gasteiger partial charge in [-0.3, -0.25) is 9.59 Å². The van der Waals surface area contributed by atoms with Gasteiger partial charge >= 0.3 is 5.97 Å². The van der Waals surface area contributed by atoms with E-state index in [2.05, 4.69) is 0 Å². The van der Waals surface area contributed by atoms with Gasteiger partial charge in [0.1, 0.15) is 0 Å². The van der Waals surface area contributed by atoms with Crippen LogP contribution in [0.1, 0.15) is 33.1 Å². The van der Waals surface area contributed by atoms with Crippen LogP contribution in [-0.2, 0) is 14.3 Å². The maximum absolute atomic E-state index is 11.8. The Hall–Kier alpha value is -1.10. The molecule has 1 fully saturated rings. The lowest BCUT2D eigenvalue weighted by Gasteiger charge is -2.34. The van der Waals surface area contributed by atoms with Gasteiger partial charge in [-0.2, -0.15) is 0 Å². The number of esters is 1. The van der Waals surface area contributed by atoms with Gasteiger partial charge in [0, 0.05) is 19.5 Å². The zero-order valence-corrected chi connectivity index (χ0v) is 10.5.